The van der Waals surface area contributed by atoms with Crippen molar-refractivity contribution in [3.8, 4) is 11.5 Å². The first-order valence-electron chi connectivity index (χ1n) is 8.92. The van der Waals surface area contributed by atoms with Gasteiger partial charge in [0.1, 0.15) is 18.8 Å². The number of benzene rings is 2. The fourth-order valence-corrected chi connectivity index (χ4v) is 3.00. The Balaban J connectivity index is 1.44. The Morgan fingerprint density at radius 3 is 2.61 bits per heavy atom. The minimum atomic E-state index is -1.01. The first-order valence-corrected chi connectivity index (χ1v) is 8.92. The molecule has 1 aliphatic rings. The molecule has 1 atom stereocenters. The number of rotatable bonds is 4. The molecule has 1 aromatic heterocycles. The highest BCUT2D eigenvalue weighted by Gasteiger charge is 2.24. The normalized spacial score (nSPS) is 13.8. The summed E-state index contributed by atoms with van der Waals surface area (Å²) in [5, 5.41) is 3.54. The summed E-state index contributed by atoms with van der Waals surface area (Å²) in [4.78, 5) is 24.9. The van der Waals surface area contributed by atoms with Gasteiger partial charge in [-0.25, -0.2) is 4.79 Å². The molecular formula is C21H19NO6. The lowest BCUT2D eigenvalue weighted by Gasteiger charge is -2.19. The second kappa shape index (κ2) is 7.26. The molecule has 0 saturated carbocycles. The molecule has 7 nitrogen and oxygen atoms in total. The number of para-hydroxylation sites is 1. The maximum absolute atomic E-state index is 12.5. The summed E-state index contributed by atoms with van der Waals surface area (Å²) in [6, 6.07) is 12.4. The lowest BCUT2D eigenvalue weighted by molar-refractivity contribution is -0.123. The number of amides is 1. The van der Waals surface area contributed by atoms with Crippen LogP contribution in [-0.2, 0) is 9.53 Å². The molecule has 1 N–H and O–H groups in total. The fraction of sp³-hybridized carbons (Fsp3) is 0.238. The average molecular weight is 381 g/mol. The van der Waals surface area contributed by atoms with E-state index in [0.717, 1.165) is 5.39 Å². The molecule has 144 valence electrons. The van der Waals surface area contributed by atoms with Gasteiger partial charge in [-0.2, -0.15) is 0 Å². The summed E-state index contributed by atoms with van der Waals surface area (Å²) >= 11 is 0. The third kappa shape index (κ3) is 3.38. The molecule has 28 heavy (non-hydrogen) atoms. The highest BCUT2D eigenvalue weighted by Crippen LogP contribution is 2.32. The molecule has 0 saturated heterocycles. The summed E-state index contributed by atoms with van der Waals surface area (Å²) in [6.45, 7) is 4.23. The van der Waals surface area contributed by atoms with Gasteiger partial charge >= 0.3 is 5.97 Å². The van der Waals surface area contributed by atoms with Crippen LogP contribution in [0.3, 0.4) is 0 Å². The van der Waals surface area contributed by atoms with Crippen molar-refractivity contribution in [2.75, 3.05) is 18.5 Å². The third-order valence-corrected chi connectivity index (χ3v) is 4.49. The number of nitrogens with one attached hydrogen (secondary N) is 1. The predicted molar refractivity (Wildman–Crippen MR) is 102 cm³/mol. The van der Waals surface area contributed by atoms with Gasteiger partial charge in [0.25, 0.3) is 5.91 Å². The Labute approximate surface area is 161 Å². The van der Waals surface area contributed by atoms with Gasteiger partial charge in [0.2, 0.25) is 5.76 Å². The quantitative estimate of drug-likeness (QED) is 0.694. The topological polar surface area (TPSA) is 87.0 Å². The van der Waals surface area contributed by atoms with Crippen molar-refractivity contribution in [1.82, 2.24) is 0 Å². The number of esters is 1. The highest BCUT2D eigenvalue weighted by atomic mass is 16.6. The zero-order valence-electron chi connectivity index (χ0n) is 15.5. The van der Waals surface area contributed by atoms with E-state index in [2.05, 4.69) is 5.32 Å². The summed E-state index contributed by atoms with van der Waals surface area (Å²) in [5.74, 6) is 0.146. The van der Waals surface area contributed by atoms with Crippen LogP contribution in [0.1, 0.15) is 23.0 Å². The number of ether oxygens (including phenoxy) is 3. The van der Waals surface area contributed by atoms with Gasteiger partial charge in [0.15, 0.2) is 17.6 Å². The number of carbonyl (C=O) groups is 2. The van der Waals surface area contributed by atoms with Crippen molar-refractivity contribution in [3.63, 3.8) is 0 Å². The van der Waals surface area contributed by atoms with E-state index < -0.39 is 18.0 Å². The molecule has 4 rings (SSSR count). The van der Waals surface area contributed by atoms with Gasteiger partial charge in [-0.3, -0.25) is 4.79 Å². The zero-order valence-corrected chi connectivity index (χ0v) is 15.5. The number of furan rings is 1. The molecular weight excluding hydrogens is 362 g/mol. The lowest BCUT2D eigenvalue weighted by atomic mass is 10.1. The van der Waals surface area contributed by atoms with Gasteiger partial charge in [-0.1, -0.05) is 18.2 Å². The number of aryl methyl sites for hydroxylation is 1. The van der Waals surface area contributed by atoms with E-state index in [-0.39, 0.29) is 5.76 Å². The largest absolute Gasteiger partial charge is 0.486 e. The number of carbonyl (C=O) groups excluding carboxylic acids is 2. The monoisotopic (exact) mass is 381 g/mol. The second-order valence-corrected chi connectivity index (χ2v) is 6.45. The van der Waals surface area contributed by atoms with Gasteiger partial charge in [0.05, 0.1) is 0 Å². The van der Waals surface area contributed by atoms with Crippen LogP contribution in [0.4, 0.5) is 5.69 Å². The minimum absolute atomic E-state index is 0.0974. The van der Waals surface area contributed by atoms with Crippen LogP contribution in [-0.4, -0.2) is 31.2 Å². The fourth-order valence-electron chi connectivity index (χ4n) is 3.00. The summed E-state index contributed by atoms with van der Waals surface area (Å²) < 4.78 is 21.8. The van der Waals surface area contributed by atoms with Crippen LogP contribution >= 0.6 is 0 Å². The van der Waals surface area contributed by atoms with Crippen molar-refractivity contribution in [3.05, 3.63) is 53.8 Å². The standard InChI is InChI=1S/C21H19NO6/c1-12-15-5-3-4-6-16(15)28-19(12)21(24)27-13(2)20(23)22-14-7-8-17-18(11-14)26-10-9-25-17/h3-8,11,13H,9-10H2,1-2H3,(H,22,23)/t13-/m1/s1. The lowest BCUT2D eigenvalue weighted by Crippen LogP contribution is -2.30. The minimum Gasteiger partial charge on any atom is -0.486 e. The van der Waals surface area contributed by atoms with Crippen LogP contribution in [0.25, 0.3) is 11.0 Å². The zero-order chi connectivity index (χ0) is 19.7. The molecule has 2 aromatic carbocycles. The van der Waals surface area contributed by atoms with E-state index >= 15 is 0 Å². The van der Waals surface area contributed by atoms with E-state index in [1.165, 1.54) is 6.92 Å². The Morgan fingerprint density at radius 1 is 1.07 bits per heavy atom. The highest BCUT2D eigenvalue weighted by molar-refractivity contribution is 5.99. The second-order valence-electron chi connectivity index (χ2n) is 6.45. The van der Waals surface area contributed by atoms with E-state index in [1.807, 2.05) is 18.2 Å². The van der Waals surface area contributed by atoms with E-state index in [9.17, 15) is 9.59 Å². The van der Waals surface area contributed by atoms with Crippen LogP contribution in [0.5, 0.6) is 11.5 Å². The SMILES string of the molecule is Cc1c(C(=O)O[C@H](C)C(=O)Nc2ccc3c(c2)OCCO3)oc2ccccc12. The summed E-state index contributed by atoms with van der Waals surface area (Å²) in [7, 11) is 0. The van der Waals surface area contributed by atoms with Crippen molar-refractivity contribution in [2.45, 2.75) is 20.0 Å². The molecule has 1 aliphatic heterocycles. The maximum atomic E-state index is 12.5. The number of anilines is 1. The number of fused-ring (bicyclic) bond motifs is 2. The predicted octanol–water partition coefficient (Wildman–Crippen LogP) is 3.70. The van der Waals surface area contributed by atoms with Crippen molar-refractivity contribution < 1.29 is 28.2 Å². The molecule has 7 heteroatoms. The van der Waals surface area contributed by atoms with Crippen LogP contribution < -0.4 is 14.8 Å². The first kappa shape index (κ1) is 17.9. The van der Waals surface area contributed by atoms with Crippen molar-refractivity contribution in [1.29, 1.82) is 0 Å². The maximum Gasteiger partial charge on any atom is 0.375 e. The Hall–Kier alpha value is -3.48. The Kier molecular flexibility index (Phi) is 4.65. The Morgan fingerprint density at radius 2 is 1.82 bits per heavy atom. The summed E-state index contributed by atoms with van der Waals surface area (Å²) in [5.41, 5.74) is 1.80. The smallest absolute Gasteiger partial charge is 0.375 e. The molecule has 2 heterocycles. The molecule has 0 spiro atoms. The van der Waals surface area contributed by atoms with Gasteiger partial charge in [-0.15, -0.1) is 0 Å². The molecule has 0 bridgehead atoms. The first-order chi connectivity index (χ1) is 13.5. The molecule has 0 fully saturated rings. The molecule has 0 aliphatic carbocycles. The average Bonchev–Trinajstić information content (AvgIpc) is 3.05. The molecule has 3 aromatic rings. The van der Waals surface area contributed by atoms with Crippen LogP contribution in [0, 0.1) is 6.92 Å². The van der Waals surface area contributed by atoms with Crippen molar-refractivity contribution in [2.24, 2.45) is 0 Å². The third-order valence-electron chi connectivity index (χ3n) is 4.49. The number of hydrogen-bond donors (Lipinski definition) is 1. The van der Waals surface area contributed by atoms with E-state index in [1.54, 1.807) is 31.2 Å². The molecule has 1 amide bonds. The van der Waals surface area contributed by atoms with Gasteiger partial charge in [-0.05, 0) is 32.0 Å². The van der Waals surface area contributed by atoms with E-state index in [0.29, 0.717) is 41.5 Å². The van der Waals surface area contributed by atoms with Crippen molar-refractivity contribution >= 4 is 28.5 Å². The summed E-state index contributed by atoms with van der Waals surface area (Å²) in [6.07, 6.45) is -1.01. The van der Waals surface area contributed by atoms with Crippen LogP contribution in [0.2, 0.25) is 0 Å². The van der Waals surface area contributed by atoms with E-state index in [4.69, 9.17) is 18.6 Å². The van der Waals surface area contributed by atoms with Gasteiger partial charge < -0.3 is 23.9 Å². The van der Waals surface area contributed by atoms with Gasteiger partial charge in [0, 0.05) is 22.7 Å². The molecule has 0 unspecified atom stereocenters. The van der Waals surface area contributed by atoms with Crippen LogP contribution in [0.15, 0.2) is 46.9 Å². The Bertz CT molecular complexity index is 1050. The molecule has 0 radical (unpaired) electrons. The number of hydrogen-bond acceptors (Lipinski definition) is 6.